The van der Waals surface area contributed by atoms with Gasteiger partial charge in [-0.2, -0.15) is 4.98 Å². The van der Waals surface area contributed by atoms with E-state index in [-0.39, 0.29) is 11.9 Å². The van der Waals surface area contributed by atoms with Gasteiger partial charge in [-0.15, -0.1) is 0 Å². The Balaban J connectivity index is 1.78. The van der Waals surface area contributed by atoms with Gasteiger partial charge in [-0.1, -0.05) is 0 Å². The maximum atomic E-state index is 12.3. The second kappa shape index (κ2) is 9.33. The van der Waals surface area contributed by atoms with Crippen LogP contribution in [0.1, 0.15) is 36.7 Å². The highest BCUT2D eigenvalue weighted by molar-refractivity contribution is 5.95. The van der Waals surface area contributed by atoms with E-state index in [2.05, 4.69) is 39.4 Å². The summed E-state index contributed by atoms with van der Waals surface area (Å²) in [4.78, 5) is 25.5. The Kier molecular flexibility index (Phi) is 6.61. The molecule has 154 valence electrons. The summed E-state index contributed by atoms with van der Waals surface area (Å²) >= 11 is 0. The first-order valence-electron chi connectivity index (χ1n) is 9.45. The first kappa shape index (κ1) is 20.5. The Labute approximate surface area is 169 Å². The maximum Gasteiger partial charge on any atom is 0.251 e. The molecule has 0 bridgehead atoms. The molecule has 0 radical (unpaired) electrons. The van der Waals surface area contributed by atoms with Crippen LogP contribution in [-0.4, -0.2) is 52.8 Å². The molecule has 9 nitrogen and oxygen atoms in total. The number of aromatic nitrogens is 4. The number of ether oxygens (including phenoxy) is 2. The van der Waals surface area contributed by atoms with E-state index in [1.54, 1.807) is 44.9 Å². The molecule has 3 rings (SSSR count). The molecule has 0 aliphatic carbocycles. The number of amides is 1. The van der Waals surface area contributed by atoms with Crippen molar-refractivity contribution in [2.24, 2.45) is 0 Å². The Morgan fingerprint density at radius 1 is 1.24 bits per heavy atom. The third-order valence-corrected chi connectivity index (χ3v) is 4.39. The van der Waals surface area contributed by atoms with Crippen LogP contribution >= 0.6 is 0 Å². The van der Waals surface area contributed by atoms with Crippen LogP contribution in [0.4, 0.5) is 11.6 Å². The van der Waals surface area contributed by atoms with Gasteiger partial charge in [0.15, 0.2) is 5.65 Å². The standard InChI is InChI=1S/C20H26N6O3/c1-13(2)26-12-23-16-11-22-20(25-18(16)26)24-15-7-6-14(10-17(15)29-4)19(27)21-8-5-9-28-3/h6-7,10-13H,5,8-9H2,1-4H3,(H,21,27)(H,22,24,25). The van der Waals surface area contributed by atoms with Gasteiger partial charge in [-0.3, -0.25) is 4.79 Å². The van der Waals surface area contributed by atoms with Crippen molar-refractivity contribution in [2.75, 3.05) is 32.7 Å². The van der Waals surface area contributed by atoms with Crippen molar-refractivity contribution in [3.63, 3.8) is 0 Å². The second-order valence-electron chi connectivity index (χ2n) is 6.79. The zero-order valence-corrected chi connectivity index (χ0v) is 17.1. The molecule has 29 heavy (non-hydrogen) atoms. The summed E-state index contributed by atoms with van der Waals surface area (Å²) in [7, 11) is 3.19. The van der Waals surface area contributed by atoms with Gasteiger partial charge >= 0.3 is 0 Å². The maximum absolute atomic E-state index is 12.3. The normalized spacial score (nSPS) is 11.1. The monoisotopic (exact) mass is 398 g/mol. The third kappa shape index (κ3) is 4.80. The zero-order valence-electron chi connectivity index (χ0n) is 17.1. The van der Waals surface area contributed by atoms with Crippen LogP contribution < -0.4 is 15.4 Å². The van der Waals surface area contributed by atoms with E-state index in [1.165, 1.54) is 0 Å². The highest BCUT2D eigenvalue weighted by Crippen LogP contribution is 2.28. The van der Waals surface area contributed by atoms with Crippen LogP contribution in [0.5, 0.6) is 5.75 Å². The topological polar surface area (TPSA) is 103 Å². The molecule has 0 saturated carbocycles. The number of nitrogens with one attached hydrogen (secondary N) is 2. The number of benzene rings is 1. The fraction of sp³-hybridized carbons (Fsp3) is 0.400. The van der Waals surface area contributed by atoms with E-state index in [1.807, 2.05) is 4.57 Å². The van der Waals surface area contributed by atoms with Gasteiger partial charge in [-0.25, -0.2) is 9.97 Å². The van der Waals surface area contributed by atoms with Gasteiger partial charge in [-0.05, 0) is 38.5 Å². The minimum Gasteiger partial charge on any atom is -0.495 e. The van der Waals surface area contributed by atoms with Gasteiger partial charge in [0, 0.05) is 31.9 Å². The van der Waals surface area contributed by atoms with Crippen molar-refractivity contribution in [1.29, 1.82) is 0 Å². The Morgan fingerprint density at radius 2 is 2.07 bits per heavy atom. The minimum absolute atomic E-state index is 0.163. The average Bonchev–Trinajstić information content (AvgIpc) is 3.15. The number of anilines is 2. The highest BCUT2D eigenvalue weighted by Gasteiger charge is 2.13. The molecule has 0 aliphatic rings. The predicted octanol–water partition coefficient (Wildman–Crippen LogP) is 2.93. The number of carbonyl (C=O) groups is 1. The summed E-state index contributed by atoms with van der Waals surface area (Å²) in [5.74, 6) is 0.787. The van der Waals surface area contributed by atoms with Gasteiger partial charge in [0.25, 0.3) is 5.91 Å². The summed E-state index contributed by atoms with van der Waals surface area (Å²) in [6.45, 7) is 5.29. The van der Waals surface area contributed by atoms with Gasteiger partial charge in [0.2, 0.25) is 5.95 Å². The zero-order chi connectivity index (χ0) is 20.8. The number of rotatable bonds is 9. The molecular weight excluding hydrogens is 372 g/mol. The summed E-state index contributed by atoms with van der Waals surface area (Å²) < 4.78 is 12.4. The van der Waals surface area contributed by atoms with Crippen LogP contribution in [0.15, 0.2) is 30.7 Å². The second-order valence-corrected chi connectivity index (χ2v) is 6.79. The summed E-state index contributed by atoms with van der Waals surface area (Å²) in [5, 5.41) is 6.02. The molecule has 0 spiro atoms. The molecule has 0 unspecified atom stereocenters. The van der Waals surface area contributed by atoms with Crippen molar-refractivity contribution in [1.82, 2.24) is 24.8 Å². The van der Waals surface area contributed by atoms with E-state index in [9.17, 15) is 4.79 Å². The molecule has 1 aromatic carbocycles. The Bertz CT molecular complexity index is 986. The number of hydrogen-bond acceptors (Lipinski definition) is 7. The third-order valence-electron chi connectivity index (χ3n) is 4.39. The molecular formula is C20H26N6O3. The fourth-order valence-corrected chi connectivity index (χ4v) is 2.84. The van der Waals surface area contributed by atoms with Crippen LogP contribution in [0.3, 0.4) is 0 Å². The van der Waals surface area contributed by atoms with Crippen molar-refractivity contribution >= 4 is 28.7 Å². The average molecular weight is 398 g/mol. The van der Waals surface area contributed by atoms with Crippen LogP contribution in [0, 0.1) is 0 Å². The molecule has 0 fully saturated rings. The van der Waals surface area contributed by atoms with Gasteiger partial charge in [0.05, 0.1) is 25.3 Å². The molecule has 0 atom stereocenters. The van der Waals surface area contributed by atoms with Crippen LogP contribution in [0.25, 0.3) is 11.2 Å². The number of imidazole rings is 1. The van der Waals surface area contributed by atoms with Crippen LogP contribution in [0.2, 0.25) is 0 Å². The molecule has 2 heterocycles. The number of methoxy groups -OCH3 is 2. The number of nitrogens with zero attached hydrogens (tertiary/aromatic N) is 4. The largest absolute Gasteiger partial charge is 0.495 e. The Hall–Kier alpha value is -3.20. The van der Waals surface area contributed by atoms with E-state index >= 15 is 0 Å². The lowest BCUT2D eigenvalue weighted by atomic mass is 10.1. The number of fused-ring (bicyclic) bond motifs is 1. The summed E-state index contributed by atoms with van der Waals surface area (Å²) in [6, 6.07) is 5.42. The van der Waals surface area contributed by atoms with E-state index in [0.29, 0.717) is 36.1 Å². The molecule has 1 amide bonds. The first-order chi connectivity index (χ1) is 14.0. The first-order valence-corrected chi connectivity index (χ1v) is 9.45. The van der Waals surface area contributed by atoms with E-state index in [4.69, 9.17) is 9.47 Å². The predicted molar refractivity (Wildman–Crippen MR) is 111 cm³/mol. The summed E-state index contributed by atoms with van der Waals surface area (Å²) in [5.41, 5.74) is 2.66. The summed E-state index contributed by atoms with van der Waals surface area (Å²) in [6.07, 6.45) is 4.19. The Morgan fingerprint density at radius 3 is 2.79 bits per heavy atom. The van der Waals surface area contributed by atoms with Crippen molar-refractivity contribution in [2.45, 2.75) is 26.3 Å². The SMILES string of the molecule is COCCCNC(=O)c1ccc(Nc2ncc3ncn(C(C)C)c3n2)c(OC)c1. The number of hydrogen-bond donors (Lipinski definition) is 2. The lowest BCUT2D eigenvalue weighted by Crippen LogP contribution is -2.25. The highest BCUT2D eigenvalue weighted by atomic mass is 16.5. The van der Waals surface area contributed by atoms with Crippen molar-refractivity contribution < 1.29 is 14.3 Å². The van der Waals surface area contributed by atoms with Gasteiger partial charge in [0.1, 0.15) is 11.3 Å². The lowest BCUT2D eigenvalue weighted by Gasteiger charge is -2.13. The molecule has 3 aromatic rings. The molecule has 0 saturated heterocycles. The lowest BCUT2D eigenvalue weighted by molar-refractivity contribution is 0.0948. The fourth-order valence-electron chi connectivity index (χ4n) is 2.84. The molecule has 9 heteroatoms. The molecule has 0 aliphatic heterocycles. The minimum atomic E-state index is -0.163. The van der Waals surface area contributed by atoms with Crippen LogP contribution in [-0.2, 0) is 4.74 Å². The number of carbonyl (C=O) groups excluding carboxylic acids is 1. The van der Waals surface area contributed by atoms with Crippen molar-refractivity contribution in [3.05, 3.63) is 36.3 Å². The van der Waals surface area contributed by atoms with Crippen molar-refractivity contribution in [3.8, 4) is 5.75 Å². The van der Waals surface area contributed by atoms with Gasteiger partial charge < -0.3 is 24.7 Å². The quantitative estimate of drug-likeness (QED) is 0.534. The van der Waals surface area contributed by atoms with E-state index < -0.39 is 0 Å². The molecule has 2 N–H and O–H groups in total. The smallest absolute Gasteiger partial charge is 0.251 e. The molecule has 2 aromatic heterocycles. The van der Waals surface area contributed by atoms with E-state index in [0.717, 1.165) is 17.6 Å².